The molecule has 1 saturated carbocycles. The van der Waals surface area contributed by atoms with Crippen LogP contribution in [-0.4, -0.2) is 63.4 Å². The molecular formula is C33H31ClF2N4O5. The van der Waals surface area contributed by atoms with E-state index < -0.39 is 23.4 Å². The normalized spacial score (nSPS) is 25.6. The van der Waals surface area contributed by atoms with Crippen molar-refractivity contribution in [1.29, 1.82) is 0 Å². The molecule has 0 amide bonds. The van der Waals surface area contributed by atoms with Gasteiger partial charge in [-0.3, -0.25) is 4.90 Å². The van der Waals surface area contributed by atoms with E-state index in [4.69, 9.17) is 30.8 Å². The van der Waals surface area contributed by atoms with Gasteiger partial charge in [-0.15, -0.1) is 0 Å². The number of anilines is 1. The minimum absolute atomic E-state index is 0.0135. The molecule has 9 nitrogen and oxygen atoms in total. The first-order valence-corrected chi connectivity index (χ1v) is 15.6. The van der Waals surface area contributed by atoms with Gasteiger partial charge in [-0.1, -0.05) is 17.7 Å². The highest BCUT2D eigenvalue weighted by molar-refractivity contribution is 6.30. The summed E-state index contributed by atoms with van der Waals surface area (Å²) < 4.78 is 50.2. The summed E-state index contributed by atoms with van der Waals surface area (Å²) in [5, 5.41) is 9.85. The zero-order valence-corrected chi connectivity index (χ0v) is 25.3. The van der Waals surface area contributed by atoms with E-state index in [1.165, 1.54) is 12.1 Å². The number of piperazine rings is 1. The number of imidazole rings is 1. The topological polar surface area (TPSA) is 89.3 Å². The minimum Gasteiger partial charge on any atom is -0.478 e. The fourth-order valence-corrected chi connectivity index (χ4v) is 7.27. The van der Waals surface area contributed by atoms with E-state index in [1.54, 1.807) is 19.1 Å². The van der Waals surface area contributed by atoms with Crippen molar-refractivity contribution in [2.24, 2.45) is 0 Å². The van der Waals surface area contributed by atoms with Gasteiger partial charge in [0, 0.05) is 43.7 Å². The van der Waals surface area contributed by atoms with E-state index in [0.29, 0.717) is 54.1 Å². The number of nitrogens with zero attached hydrogens (tertiary/aromatic N) is 4. The van der Waals surface area contributed by atoms with Crippen LogP contribution in [0.2, 0.25) is 5.02 Å². The monoisotopic (exact) mass is 636 g/mol. The van der Waals surface area contributed by atoms with Gasteiger partial charge in [0.05, 0.1) is 41.5 Å². The molecule has 0 bridgehead atoms. The van der Waals surface area contributed by atoms with Crippen LogP contribution < -0.4 is 14.4 Å². The molecule has 4 heterocycles. The number of halogens is 3. The van der Waals surface area contributed by atoms with E-state index >= 15 is 4.39 Å². The summed E-state index contributed by atoms with van der Waals surface area (Å²) in [6, 6.07) is 13.2. The molecular weight excluding hydrogens is 606 g/mol. The van der Waals surface area contributed by atoms with Crippen molar-refractivity contribution >= 4 is 34.3 Å². The maximum Gasteiger partial charge on any atom is 0.335 e. The van der Waals surface area contributed by atoms with Crippen molar-refractivity contribution in [2.45, 2.75) is 63.3 Å². The SMILES string of the molecule is C[C@@]1(c2ccc(Cl)cc2F)Oc2cccc(N3CCN(Cc4nc5c(F)cc(C(=O)O)cc5n4C[C@@H]4CCO4)[C@@H]4CC[C@@H]43)c2O1. The molecule has 4 aromatic rings. The van der Waals surface area contributed by atoms with E-state index in [0.717, 1.165) is 37.6 Å². The standard InChI is InChI=1S/C33H31ClF2N4O5/c1-33(21-6-5-19(34)15-22(21)35)44-28-4-2-3-26(31(28)45-33)39-11-10-38(24-7-8-25(24)39)17-29-37-30-23(36)13-18(32(41)42)14-27(30)40(29)16-20-9-12-43-20/h2-6,13-15,20,24-25H,7-12,16-17H2,1H3,(H,41,42)/t20-,24+,25-,33+/m0/s1. The molecule has 2 saturated heterocycles. The van der Waals surface area contributed by atoms with Crippen molar-refractivity contribution in [1.82, 2.24) is 14.5 Å². The number of hydrogen-bond donors (Lipinski definition) is 1. The quantitative estimate of drug-likeness (QED) is 0.266. The minimum atomic E-state index is -1.34. The number of carboxylic acids is 1. The molecule has 45 heavy (non-hydrogen) atoms. The molecule has 8 rings (SSSR count). The Morgan fingerprint density at radius 1 is 1.07 bits per heavy atom. The highest BCUT2D eigenvalue weighted by Crippen LogP contribution is 2.51. The van der Waals surface area contributed by atoms with Crippen LogP contribution in [0.4, 0.5) is 14.5 Å². The Hall–Kier alpha value is -3.93. The van der Waals surface area contributed by atoms with Gasteiger partial charge in [0.2, 0.25) is 0 Å². The predicted molar refractivity (Wildman–Crippen MR) is 162 cm³/mol. The summed E-state index contributed by atoms with van der Waals surface area (Å²) >= 11 is 5.99. The van der Waals surface area contributed by atoms with Crippen LogP contribution in [0.3, 0.4) is 0 Å². The molecule has 3 aliphatic heterocycles. The van der Waals surface area contributed by atoms with Crippen molar-refractivity contribution in [2.75, 3.05) is 24.6 Å². The fraction of sp³-hybridized carbons (Fsp3) is 0.394. The lowest BCUT2D eigenvalue weighted by Gasteiger charge is -2.54. The number of carbonyl (C=O) groups is 1. The third-order valence-electron chi connectivity index (χ3n) is 9.65. The lowest BCUT2D eigenvalue weighted by molar-refractivity contribution is -0.0706. The van der Waals surface area contributed by atoms with Crippen molar-refractivity contribution in [3.63, 3.8) is 0 Å². The van der Waals surface area contributed by atoms with Gasteiger partial charge < -0.3 is 28.8 Å². The Morgan fingerprint density at radius 2 is 1.89 bits per heavy atom. The summed E-state index contributed by atoms with van der Waals surface area (Å²) in [5.74, 6) is -1.83. The number of benzene rings is 3. The summed E-state index contributed by atoms with van der Waals surface area (Å²) in [7, 11) is 0. The highest BCUT2D eigenvalue weighted by Gasteiger charge is 2.47. The van der Waals surface area contributed by atoms with Crippen LogP contribution in [0, 0.1) is 11.6 Å². The molecule has 1 N–H and O–H groups in total. The summed E-state index contributed by atoms with van der Waals surface area (Å²) in [6.07, 6.45) is 2.85. The highest BCUT2D eigenvalue weighted by atomic mass is 35.5. The fourth-order valence-electron chi connectivity index (χ4n) is 7.12. The van der Waals surface area contributed by atoms with Crippen molar-refractivity contribution < 1.29 is 32.9 Å². The molecule has 0 radical (unpaired) electrons. The largest absolute Gasteiger partial charge is 0.478 e. The first kappa shape index (κ1) is 28.5. The van der Waals surface area contributed by atoms with Crippen LogP contribution in [0.5, 0.6) is 11.5 Å². The summed E-state index contributed by atoms with van der Waals surface area (Å²) in [5.41, 5.74) is 1.71. The Labute approximate surface area is 262 Å². The molecule has 1 aliphatic carbocycles. The molecule has 4 aliphatic rings. The maximum atomic E-state index is 15.1. The van der Waals surface area contributed by atoms with E-state index in [2.05, 4.69) is 9.80 Å². The van der Waals surface area contributed by atoms with Gasteiger partial charge in [0.25, 0.3) is 5.79 Å². The van der Waals surface area contributed by atoms with Crippen LogP contribution in [0.15, 0.2) is 48.5 Å². The number of aromatic nitrogens is 2. The summed E-state index contributed by atoms with van der Waals surface area (Å²) in [4.78, 5) is 21.1. The first-order valence-electron chi connectivity index (χ1n) is 15.2. The van der Waals surface area contributed by atoms with Crippen molar-refractivity contribution in [3.8, 4) is 11.5 Å². The Kier molecular flexibility index (Phi) is 6.70. The van der Waals surface area contributed by atoms with Gasteiger partial charge in [0.15, 0.2) is 17.3 Å². The number of ether oxygens (including phenoxy) is 3. The molecule has 1 aromatic heterocycles. The third kappa shape index (κ3) is 4.71. The molecule has 0 unspecified atom stereocenters. The molecule has 12 heteroatoms. The Morgan fingerprint density at radius 3 is 2.60 bits per heavy atom. The molecule has 4 atom stereocenters. The first-order chi connectivity index (χ1) is 21.7. The molecule has 0 spiro atoms. The smallest absolute Gasteiger partial charge is 0.335 e. The van der Waals surface area contributed by atoms with Crippen LogP contribution in [-0.2, 0) is 23.6 Å². The van der Waals surface area contributed by atoms with E-state index in [-0.39, 0.29) is 34.8 Å². The van der Waals surface area contributed by atoms with Gasteiger partial charge in [-0.05, 0) is 61.7 Å². The van der Waals surface area contributed by atoms with Gasteiger partial charge in [-0.2, -0.15) is 0 Å². The van der Waals surface area contributed by atoms with Crippen LogP contribution >= 0.6 is 11.6 Å². The number of rotatable bonds is 7. The summed E-state index contributed by atoms with van der Waals surface area (Å²) in [6.45, 7) is 4.80. The Balaban J connectivity index is 1.06. The van der Waals surface area contributed by atoms with Gasteiger partial charge in [-0.25, -0.2) is 18.6 Å². The number of aromatic carboxylic acids is 1. The second kappa shape index (κ2) is 10.6. The number of para-hydroxylation sites is 1. The number of carboxylic acid groups (broad SMARTS) is 1. The lowest BCUT2D eigenvalue weighted by Crippen LogP contribution is -2.64. The molecule has 234 valence electrons. The zero-order valence-electron chi connectivity index (χ0n) is 24.5. The molecule has 3 fully saturated rings. The third-order valence-corrected chi connectivity index (χ3v) is 9.88. The van der Waals surface area contributed by atoms with Crippen LogP contribution in [0.25, 0.3) is 11.0 Å². The van der Waals surface area contributed by atoms with Gasteiger partial charge in [0.1, 0.15) is 17.2 Å². The second-order valence-electron chi connectivity index (χ2n) is 12.3. The van der Waals surface area contributed by atoms with E-state index in [1.807, 2.05) is 22.8 Å². The second-order valence-corrected chi connectivity index (χ2v) is 12.7. The van der Waals surface area contributed by atoms with Crippen molar-refractivity contribution in [3.05, 3.63) is 82.1 Å². The number of fused-ring (bicyclic) bond motifs is 3. The number of hydrogen-bond acceptors (Lipinski definition) is 7. The lowest BCUT2D eigenvalue weighted by atomic mass is 9.81. The average molecular weight is 637 g/mol. The zero-order chi connectivity index (χ0) is 31.0. The maximum absolute atomic E-state index is 15.1. The average Bonchev–Trinajstić information content (AvgIpc) is 3.48. The van der Waals surface area contributed by atoms with E-state index in [9.17, 15) is 14.3 Å². The predicted octanol–water partition coefficient (Wildman–Crippen LogP) is 5.95. The Bertz CT molecular complexity index is 1850. The van der Waals surface area contributed by atoms with Gasteiger partial charge >= 0.3 is 5.97 Å². The van der Waals surface area contributed by atoms with Crippen LogP contribution in [0.1, 0.15) is 47.9 Å². The molecule has 3 aromatic carbocycles.